The Labute approximate surface area is 107 Å². The van der Waals surface area contributed by atoms with Crippen LogP contribution in [0.15, 0.2) is 54.6 Å². The van der Waals surface area contributed by atoms with Crippen LogP contribution in [0.1, 0.15) is 17.0 Å². The number of carbonyl (C=O) groups is 1. The number of benzene rings is 2. The molecule has 0 amide bonds. The van der Waals surface area contributed by atoms with Crippen LogP contribution in [0.2, 0.25) is 0 Å². The van der Waals surface area contributed by atoms with Gasteiger partial charge in [0.05, 0.1) is 7.11 Å². The molecule has 2 rings (SSSR count). The number of hydrogen-bond acceptors (Lipinski definition) is 2. The molecule has 0 radical (unpaired) electrons. The number of rotatable bonds is 5. The van der Waals surface area contributed by atoms with Crippen LogP contribution >= 0.6 is 0 Å². The van der Waals surface area contributed by atoms with Crippen molar-refractivity contribution in [3.05, 3.63) is 65.7 Å². The zero-order valence-electron chi connectivity index (χ0n) is 10.4. The Kier molecular flexibility index (Phi) is 4.13. The van der Waals surface area contributed by atoms with Gasteiger partial charge in [0.1, 0.15) is 12.0 Å². The van der Waals surface area contributed by atoms with Crippen molar-refractivity contribution in [3.8, 4) is 5.75 Å². The van der Waals surface area contributed by atoms with Gasteiger partial charge in [-0.25, -0.2) is 0 Å². The highest BCUT2D eigenvalue weighted by atomic mass is 16.5. The monoisotopic (exact) mass is 240 g/mol. The van der Waals surface area contributed by atoms with Crippen molar-refractivity contribution < 1.29 is 9.53 Å². The van der Waals surface area contributed by atoms with Crippen molar-refractivity contribution in [2.24, 2.45) is 0 Å². The quantitative estimate of drug-likeness (QED) is 0.750. The summed E-state index contributed by atoms with van der Waals surface area (Å²) in [7, 11) is 1.63. The zero-order valence-corrected chi connectivity index (χ0v) is 10.4. The summed E-state index contributed by atoms with van der Waals surface area (Å²) >= 11 is 0. The normalized spacial score (nSPS) is 11.8. The second kappa shape index (κ2) is 6.01. The lowest BCUT2D eigenvalue weighted by Crippen LogP contribution is -2.04. The van der Waals surface area contributed by atoms with Crippen molar-refractivity contribution in [1.82, 2.24) is 0 Å². The van der Waals surface area contributed by atoms with Gasteiger partial charge in [0.25, 0.3) is 0 Å². The van der Waals surface area contributed by atoms with E-state index in [0.29, 0.717) is 0 Å². The average molecular weight is 240 g/mol. The average Bonchev–Trinajstić information content (AvgIpc) is 2.46. The van der Waals surface area contributed by atoms with Crippen molar-refractivity contribution >= 4 is 6.29 Å². The van der Waals surface area contributed by atoms with Crippen LogP contribution < -0.4 is 4.74 Å². The molecule has 0 N–H and O–H groups in total. The number of methoxy groups -OCH3 is 1. The first-order valence-electron chi connectivity index (χ1n) is 5.96. The van der Waals surface area contributed by atoms with E-state index in [-0.39, 0.29) is 5.92 Å². The Bertz CT molecular complexity index is 506. The third kappa shape index (κ3) is 2.98. The first-order valence-corrected chi connectivity index (χ1v) is 5.96. The molecule has 2 heteroatoms. The molecule has 0 aliphatic carbocycles. The van der Waals surface area contributed by atoms with Crippen LogP contribution in [0.3, 0.4) is 0 Å². The first kappa shape index (κ1) is 12.4. The number of carbonyl (C=O) groups excluding carboxylic acids is 1. The Morgan fingerprint density at radius 1 is 1.11 bits per heavy atom. The minimum atomic E-state index is -0.123. The summed E-state index contributed by atoms with van der Waals surface area (Å²) in [5, 5.41) is 0. The smallest absolute Gasteiger partial charge is 0.127 e. The van der Waals surface area contributed by atoms with E-state index in [1.807, 2.05) is 54.6 Å². The van der Waals surface area contributed by atoms with E-state index < -0.39 is 0 Å². The summed E-state index contributed by atoms with van der Waals surface area (Å²) < 4.78 is 5.18. The van der Waals surface area contributed by atoms with Crippen molar-refractivity contribution in [3.63, 3.8) is 0 Å². The van der Waals surface area contributed by atoms with Gasteiger partial charge in [-0.05, 0) is 29.7 Å². The summed E-state index contributed by atoms with van der Waals surface area (Å²) in [6.45, 7) is 0. The fraction of sp³-hybridized carbons (Fsp3) is 0.188. The minimum Gasteiger partial charge on any atom is -0.497 e. The van der Waals surface area contributed by atoms with Gasteiger partial charge >= 0.3 is 0 Å². The third-order valence-electron chi connectivity index (χ3n) is 2.98. The fourth-order valence-electron chi connectivity index (χ4n) is 1.98. The maximum absolute atomic E-state index is 11.3. The summed E-state index contributed by atoms with van der Waals surface area (Å²) in [6.07, 6.45) is 1.72. The van der Waals surface area contributed by atoms with Crippen molar-refractivity contribution in [2.75, 3.05) is 7.11 Å². The largest absolute Gasteiger partial charge is 0.497 e. The van der Waals surface area contributed by atoms with E-state index in [2.05, 4.69) is 0 Å². The summed E-state index contributed by atoms with van der Waals surface area (Å²) in [6, 6.07) is 17.7. The van der Waals surface area contributed by atoms with Gasteiger partial charge in [0.15, 0.2) is 0 Å². The second-order valence-corrected chi connectivity index (χ2v) is 4.21. The number of ether oxygens (including phenoxy) is 1. The van der Waals surface area contributed by atoms with Crippen LogP contribution in [0.4, 0.5) is 0 Å². The molecule has 18 heavy (non-hydrogen) atoms. The molecular formula is C16H16O2. The van der Waals surface area contributed by atoms with Crippen LogP contribution in [-0.4, -0.2) is 13.4 Å². The Balaban J connectivity index is 2.20. The van der Waals surface area contributed by atoms with Crippen molar-refractivity contribution in [1.29, 1.82) is 0 Å². The molecule has 0 spiro atoms. The Morgan fingerprint density at radius 3 is 2.56 bits per heavy atom. The predicted molar refractivity (Wildman–Crippen MR) is 71.9 cm³/mol. The van der Waals surface area contributed by atoms with Crippen molar-refractivity contribution in [2.45, 2.75) is 12.3 Å². The highest BCUT2D eigenvalue weighted by Crippen LogP contribution is 2.22. The van der Waals surface area contributed by atoms with Gasteiger partial charge in [-0.1, -0.05) is 42.5 Å². The molecule has 1 atom stereocenters. The van der Waals surface area contributed by atoms with Gasteiger partial charge in [-0.2, -0.15) is 0 Å². The molecule has 1 unspecified atom stereocenters. The molecule has 0 fully saturated rings. The molecule has 0 aromatic heterocycles. The van der Waals surface area contributed by atoms with E-state index in [9.17, 15) is 4.79 Å². The van der Waals surface area contributed by atoms with Gasteiger partial charge in [0.2, 0.25) is 0 Å². The number of hydrogen-bond donors (Lipinski definition) is 0. The standard InChI is InChI=1S/C16H16O2/c1-18-16-9-5-8-14(11-16)15(12-17)10-13-6-3-2-4-7-13/h2-9,11-12,15H,10H2,1H3. The molecule has 0 saturated carbocycles. The molecule has 0 bridgehead atoms. The lowest BCUT2D eigenvalue weighted by atomic mass is 9.93. The Morgan fingerprint density at radius 2 is 1.89 bits per heavy atom. The molecule has 92 valence electrons. The number of aldehydes is 1. The van der Waals surface area contributed by atoms with Gasteiger partial charge < -0.3 is 9.53 Å². The second-order valence-electron chi connectivity index (χ2n) is 4.21. The minimum absolute atomic E-state index is 0.123. The highest BCUT2D eigenvalue weighted by molar-refractivity contribution is 5.63. The Hall–Kier alpha value is -2.09. The predicted octanol–water partition coefficient (Wildman–Crippen LogP) is 3.22. The highest BCUT2D eigenvalue weighted by Gasteiger charge is 2.11. The van der Waals surface area contributed by atoms with Crippen LogP contribution in [0.25, 0.3) is 0 Å². The van der Waals surface area contributed by atoms with Crippen LogP contribution in [0.5, 0.6) is 5.75 Å². The topological polar surface area (TPSA) is 26.3 Å². The van der Waals surface area contributed by atoms with E-state index in [4.69, 9.17) is 4.74 Å². The summed E-state index contributed by atoms with van der Waals surface area (Å²) in [5.41, 5.74) is 2.16. The third-order valence-corrected chi connectivity index (χ3v) is 2.98. The van der Waals surface area contributed by atoms with Gasteiger partial charge in [0, 0.05) is 5.92 Å². The summed E-state index contributed by atoms with van der Waals surface area (Å²) in [4.78, 5) is 11.3. The lowest BCUT2D eigenvalue weighted by Gasteiger charge is -2.12. The van der Waals surface area contributed by atoms with E-state index in [1.165, 1.54) is 0 Å². The van der Waals surface area contributed by atoms with Gasteiger partial charge in [-0.15, -0.1) is 0 Å². The maximum atomic E-state index is 11.3. The van der Waals surface area contributed by atoms with Crippen LogP contribution in [0, 0.1) is 0 Å². The fourth-order valence-corrected chi connectivity index (χ4v) is 1.98. The molecule has 0 aliphatic heterocycles. The molecular weight excluding hydrogens is 224 g/mol. The molecule has 0 saturated heterocycles. The van der Waals surface area contributed by atoms with Crippen LogP contribution in [-0.2, 0) is 11.2 Å². The zero-order chi connectivity index (χ0) is 12.8. The lowest BCUT2D eigenvalue weighted by molar-refractivity contribution is -0.109. The van der Waals surface area contributed by atoms with Gasteiger partial charge in [-0.3, -0.25) is 0 Å². The van der Waals surface area contributed by atoms with E-state index in [1.54, 1.807) is 7.11 Å². The van der Waals surface area contributed by atoms with E-state index >= 15 is 0 Å². The SMILES string of the molecule is COc1cccc(C(C=O)Cc2ccccc2)c1. The summed E-state index contributed by atoms with van der Waals surface area (Å²) in [5.74, 6) is 0.662. The molecule has 2 aromatic carbocycles. The molecule has 0 heterocycles. The first-order chi connectivity index (χ1) is 8.83. The molecule has 2 aromatic rings. The molecule has 0 aliphatic rings. The maximum Gasteiger partial charge on any atom is 0.127 e. The van der Waals surface area contributed by atoms with E-state index in [0.717, 1.165) is 29.6 Å². The molecule has 2 nitrogen and oxygen atoms in total.